The average molecular weight is 285 g/mol. The normalized spacial score (nSPS) is 10.7. The number of rotatable bonds is 7. The topological polar surface area (TPSA) is 30.5 Å². The first kappa shape index (κ1) is 15.4. The van der Waals surface area contributed by atoms with E-state index in [1.807, 2.05) is 30.3 Å². The van der Waals surface area contributed by atoms with Crippen molar-refractivity contribution in [2.75, 3.05) is 7.11 Å². The Bertz CT molecular complexity index is 567. The maximum atomic E-state index is 5.91. The lowest BCUT2D eigenvalue weighted by Gasteiger charge is -2.14. The summed E-state index contributed by atoms with van der Waals surface area (Å²) in [6, 6.07) is 16.5. The van der Waals surface area contributed by atoms with Crippen molar-refractivity contribution in [3.8, 4) is 11.5 Å². The van der Waals surface area contributed by atoms with Crippen LogP contribution in [0.5, 0.6) is 11.5 Å². The van der Waals surface area contributed by atoms with Gasteiger partial charge in [-0.1, -0.05) is 50.2 Å². The van der Waals surface area contributed by atoms with Gasteiger partial charge < -0.3 is 14.8 Å². The van der Waals surface area contributed by atoms with E-state index in [0.717, 1.165) is 18.0 Å². The van der Waals surface area contributed by atoms with Crippen LogP contribution >= 0.6 is 0 Å². The SMILES string of the molecule is COc1ccccc1OCc1ccccc1CNC(C)C. The zero-order valence-electron chi connectivity index (χ0n) is 12.9. The molecule has 0 aliphatic carbocycles. The van der Waals surface area contributed by atoms with E-state index in [2.05, 4.69) is 37.4 Å². The van der Waals surface area contributed by atoms with Gasteiger partial charge in [-0.25, -0.2) is 0 Å². The van der Waals surface area contributed by atoms with Gasteiger partial charge in [0.2, 0.25) is 0 Å². The zero-order valence-corrected chi connectivity index (χ0v) is 12.9. The van der Waals surface area contributed by atoms with Crippen molar-refractivity contribution >= 4 is 0 Å². The number of nitrogens with one attached hydrogen (secondary N) is 1. The Labute approximate surface area is 126 Å². The Morgan fingerprint density at radius 3 is 2.19 bits per heavy atom. The van der Waals surface area contributed by atoms with E-state index in [9.17, 15) is 0 Å². The standard InChI is InChI=1S/C18H23NO2/c1-14(2)19-12-15-8-4-5-9-16(15)13-21-18-11-7-6-10-17(18)20-3/h4-11,14,19H,12-13H2,1-3H3. The molecule has 0 fully saturated rings. The Balaban J connectivity index is 2.06. The van der Waals surface area contributed by atoms with Crippen molar-refractivity contribution in [3.05, 3.63) is 59.7 Å². The minimum Gasteiger partial charge on any atom is -0.493 e. The number of ether oxygens (including phenoxy) is 2. The summed E-state index contributed by atoms with van der Waals surface area (Å²) in [7, 11) is 1.66. The summed E-state index contributed by atoms with van der Waals surface area (Å²) in [5.41, 5.74) is 2.46. The van der Waals surface area contributed by atoms with E-state index in [-0.39, 0.29) is 0 Å². The van der Waals surface area contributed by atoms with Crippen LogP contribution in [0.1, 0.15) is 25.0 Å². The second-order valence-corrected chi connectivity index (χ2v) is 5.24. The molecule has 0 amide bonds. The van der Waals surface area contributed by atoms with Crippen LogP contribution in [-0.4, -0.2) is 13.2 Å². The van der Waals surface area contributed by atoms with E-state index in [4.69, 9.17) is 9.47 Å². The average Bonchev–Trinajstić information content (AvgIpc) is 2.51. The van der Waals surface area contributed by atoms with Crippen LogP contribution in [0, 0.1) is 0 Å². The van der Waals surface area contributed by atoms with Gasteiger partial charge in [0.05, 0.1) is 7.11 Å². The molecule has 0 radical (unpaired) electrons. The summed E-state index contributed by atoms with van der Waals surface area (Å²) >= 11 is 0. The fourth-order valence-electron chi connectivity index (χ4n) is 2.08. The van der Waals surface area contributed by atoms with Gasteiger partial charge in [0.1, 0.15) is 6.61 Å². The minimum absolute atomic E-state index is 0.466. The number of hydrogen-bond donors (Lipinski definition) is 1. The molecule has 0 saturated carbocycles. The van der Waals surface area contributed by atoms with Crippen LogP contribution < -0.4 is 14.8 Å². The van der Waals surface area contributed by atoms with Crippen LogP contribution in [0.2, 0.25) is 0 Å². The third-order valence-electron chi connectivity index (χ3n) is 3.27. The van der Waals surface area contributed by atoms with Gasteiger partial charge in [0, 0.05) is 12.6 Å². The van der Waals surface area contributed by atoms with Crippen molar-refractivity contribution in [3.63, 3.8) is 0 Å². The third-order valence-corrected chi connectivity index (χ3v) is 3.27. The van der Waals surface area contributed by atoms with Crippen molar-refractivity contribution < 1.29 is 9.47 Å². The monoisotopic (exact) mass is 285 g/mol. The molecule has 0 aromatic heterocycles. The van der Waals surface area contributed by atoms with Crippen molar-refractivity contribution in [2.45, 2.75) is 33.0 Å². The van der Waals surface area contributed by atoms with Crippen LogP contribution in [0.4, 0.5) is 0 Å². The van der Waals surface area contributed by atoms with E-state index >= 15 is 0 Å². The van der Waals surface area contributed by atoms with Crippen LogP contribution in [0.3, 0.4) is 0 Å². The van der Waals surface area contributed by atoms with E-state index in [1.54, 1.807) is 7.11 Å². The molecule has 3 nitrogen and oxygen atoms in total. The molecule has 0 atom stereocenters. The first-order chi connectivity index (χ1) is 10.2. The summed E-state index contributed by atoms with van der Waals surface area (Å²) in [6.07, 6.45) is 0. The van der Waals surface area contributed by atoms with Gasteiger partial charge in [0.25, 0.3) is 0 Å². The highest BCUT2D eigenvalue weighted by Crippen LogP contribution is 2.27. The minimum atomic E-state index is 0.466. The van der Waals surface area contributed by atoms with Crippen LogP contribution in [-0.2, 0) is 13.2 Å². The fourth-order valence-corrected chi connectivity index (χ4v) is 2.08. The molecule has 21 heavy (non-hydrogen) atoms. The Morgan fingerprint density at radius 2 is 1.52 bits per heavy atom. The Kier molecular flexibility index (Phi) is 5.64. The number of benzene rings is 2. The highest BCUT2D eigenvalue weighted by molar-refractivity contribution is 5.39. The van der Waals surface area contributed by atoms with Crippen LogP contribution in [0.25, 0.3) is 0 Å². The second-order valence-electron chi connectivity index (χ2n) is 5.24. The van der Waals surface area contributed by atoms with Gasteiger partial charge in [-0.05, 0) is 23.3 Å². The molecule has 2 rings (SSSR count). The first-order valence-corrected chi connectivity index (χ1v) is 7.26. The van der Waals surface area contributed by atoms with Crippen molar-refractivity contribution in [1.29, 1.82) is 0 Å². The molecule has 112 valence electrons. The molecule has 2 aromatic rings. The predicted octanol–water partition coefficient (Wildman–Crippen LogP) is 3.77. The van der Waals surface area contributed by atoms with Gasteiger partial charge in [-0.3, -0.25) is 0 Å². The van der Waals surface area contributed by atoms with E-state index in [1.165, 1.54) is 11.1 Å². The summed E-state index contributed by atoms with van der Waals surface area (Å²) < 4.78 is 11.2. The Hall–Kier alpha value is -2.00. The highest BCUT2D eigenvalue weighted by Gasteiger charge is 2.06. The summed E-state index contributed by atoms with van der Waals surface area (Å²) in [5.74, 6) is 1.53. The first-order valence-electron chi connectivity index (χ1n) is 7.26. The zero-order chi connectivity index (χ0) is 15.1. The maximum absolute atomic E-state index is 5.91. The molecule has 0 heterocycles. The molecule has 2 aromatic carbocycles. The van der Waals surface area contributed by atoms with Crippen molar-refractivity contribution in [1.82, 2.24) is 5.32 Å². The lowest BCUT2D eigenvalue weighted by atomic mass is 10.1. The summed E-state index contributed by atoms with van der Waals surface area (Å²) in [4.78, 5) is 0. The summed E-state index contributed by atoms with van der Waals surface area (Å²) in [5, 5.41) is 3.44. The lowest BCUT2D eigenvalue weighted by Crippen LogP contribution is -2.22. The molecular weight excluding hydrogens is 262 g/mol. The number of hydrogen-bond acceptors (Lipinski definition) is 3. The van der Waals surface area contributed by atoms with Gasteiger partial charge >= 0.3 is 0 Å². The second kappa shape index (κ2) is 7.70. The highest BCUT2D eigenvalue weighted by atomic mass is 16.5. The smallest absolute Gasteiger partial charge is 0.161 e. The van der Waals surface area contributed by atoms with Crippen molar-refractivity contribution in [2.24, 2.45) is 0 Å². The molecule has 1 N–H and O–H groups in total. The number of methoxy groups -OCH3 is 1. The van der Waals surface area contributed by atoms with Crippen LogP contribution in [0.15, 0.2) is 48.5 Å². The molecule has 0 saturated heterocycles. The largest absolute Gasteiger partial charge is 0.493 e. The van der Waals surface area contributed by atoms with E-state index < -0.39 is 0 Å². The molecule has 0 unspecified atom stereocenters. The molecule has 3 heteroatoms. The maximum Gasteiger partial charge on any atom is 0.161 e. The molecule has 0 bridgehead atoms. The fraction of sp³-hybridized carbons (Fsp3) is 0.333. The quantitative estimate of drug-likeness (QED) is 0.840. The molecule has 0 spiro atoms. The Morgan fingerprint density at radius 1 is 0.905 bits per heavy atom. The molecule has 0 aliphatic heterocycles. The molecular formula is C18H23NO2. The van der Waals surface area contributed by atoms with Gasteiger partial charge in [0.15, 0.2) is 11.5 Å². The number of para-hydroxylation sites is 2. The summed E-state index contributed by atoms with van der Waals surface area (Å²) in [6.45, 7) is 5.68. The predicted molar refractivity (Wildman–Crippen MR) is 85.7 cm³/mol. The lowest BCUT2D eigenvalue weighted by molar-refractivity contribution is 0.283. The van der Waals surface area contributed by atoms with E-state index in [0.29, 0.717) is 12.6 Å². The third kappa shape index (κ3) is 4.50. The molecule has 0 aliphatic rings. The van der Waals surface area contributed by atoms with Gasteiger partial charge in [-0.2, -0.15) is 0 Å². The van der Waals surface area contributed by atoms with Gasteiger partial charge in [-0.15, -0.1) is 0 Å².